The molecule has 0 spiro atoms. The van der Waals surface area contributed by atoms with Gasteiger partial charge >= 0.3 is 0 Å². The summed E-state index contributed by atoms with van der Waals surface area (Å²) in [7, 11) is 3.14. The molecule has 0 bridgehead atoms. The summed E-state index contributed by atoms with van der Waals surface area (Å²) in [6.45, 7) is 4.18. The first-order chi connectivity index (χ1) is 15.5. The van der Waals surface area contributed by atoms with E-state index in [2.05, 4.69) is 22.6 Å². The third kappa shape index (κ3) is 4.28. The molecule has 2 amide bonds. The Hall–Kier alpha value is -3.10. The molecule has 0 aliphatic carbocycles. The number of piperidine rings is 1. The highest BCUT2D eigenvalue weighted by molar-refractivity contribution is 6.00. The molecule has 32 heavy (non-hydrogen) atoms. The quantitative estimate of drug-likeness (QED) is 0.691. The maximum Gasteiger partial charge on any atom is 0.247 e. The number of carbonyl (C=O) groups excluding carboxylic acids is 2. The molecule has 2 aromatic carbocycles. The number of nitrogens with zero attached hydrogens (tertiary/aromatic N) is 2. The highest BCUT2D eigenvalue weighted by atomic mass is 16.5. The number of anilines is 2. The molecule has 0 aromatic heterocycles. The third-order valence-electron chi connectivity index (χ3n) is 6.15. The van der Waals surface area contributed by atoms with Crippen LogP contribution in [0.1, 0.15) is 13.3 Å². The molecular weight excluding hydrogens is 408 g/mol. The Balaban J connectivity index is 1.59. The Kier molecular flexibility index (Phi) is 6.62. The molecule has 2 heterocycles. The fourth-order valence-corrected chi connectivity index (χ4v) is 4.58. The molecule has 2 fully saturated rings. The summed E-state index contributed by atoms with van der Waals surface area (Å²) in [6, 6.07) is 14.5. The molecule has 2 aliphatic heterocycles. The van der Waals surface area contributed by atoms with Crippen molar-refractivity contribution in [3.8, 4) is 11.5 Å². The van der Waals surface area contributed by atoms with E-state index in [1.807, 2.05) is 30.3 Å². The molecule has 2 N–H and O–H groups in total. The van der Waals surface area contributed by atoms with Crippen LogP contribution in [0.4, 0.5) is 11.4 Å². The van der Waals surface area contributed by atoms with Crippen LogP contribution in [0.2, 0.25) is 0 Å². The minimum absolute atomic E-state index is 0.00170. The van der Waals surface area contributed by atoms with Gasteiger partial charge in [0.25, 0.3) is 0 Å². The van der Waals surface area contributed by atoms with Crippen LogP contribution in [0.5, 0.6) is 11.5 Å². The SMILES string of the molecule is CCCN1CC(C(=O)Nc2ccc(OC)cc2OC)C2NN(c3ccccc3)C(=O)C2C1. The third-order valence-corrected chi connectivity index (χ3v) is 6.15. The van der Waals surface area contributed by atoms with Crippen LogP contribution in [0, 0.1) is 11.8 Å². The van der Waals surface area contributed by atoms with E-state index in [1.54, 1.807) is 37.4 Å². The summed E-state index contributed by atoms with van der Waals surface area (Å²) in [6.07, 6.45) is 0.960. The number of benzene rings is 2. The summed E-state index contributed by atoms with van der Waals surface area (Å²) in [4.78, 5) is 28.9. The van der Waals surface area contributed by atoms with Gasteiger partial charge in [0.1, 0.15) is 11.5 Å². The monoisotopic (exact) mass is 438 g/mol. The van der Waals surface area contributed by atoms with E-state index in [0.29, 0.717) is 30.3 Å². The molecular formula is C24H30N4O4. The van der Waals surface area contributed by atoms with E-state index in [1.165, 1.54) is 0 Å². The van der Waals surface area contributed by atoms with Crippen LogP contribution < -0.4 is 25.2 Å². The van der Waals surface area contributed by atoms with Gasteiger partial charge in [0.15, 0.2) is 0 Å². The van der Waals surface area contributed by atoms with E-state index in [0.717, 1.165) is 18.7 Å². The molecule has 3 atom stereocenters. The van der Waals surface area contributed by atoms with E-state index in [-0.39, 0.29) is 23.8 Å². The Morgan fingerprint density at radius 1 is 1.12 bits per heavy atom. The Morgan fingerprint density at radius 3 is 2.59 bits per heavy atom. The lowest BCUT2D eigenvalue weighted by Gasteiger charge is -2.38. The lowest BCUT2D eigenvalue weighted by atomic mass is 9.84. The fraction of sp³-hybridized carbons (Fsp3) is 0.417. The predicted molar refractivity (Wildman–Crippen MR) is 123 cm³/mol. The molecule has 3 unspecified atom stereocenters. The maximum absolute atomic E-state index is 13.4. The van der Waals surface area contributed by atoms with Gasteiger partial charge in [0.05, 0.1) is 43.5 Å². The number of hydrogen-bond donors (Lipinski definition) is 2. The molecule has 8 nitrogen and oxygen atoms in total. The number of para-hydroxylation sites is 1. The number of nitrogens with one attached hydrogen (secondary N) is 2. The molecule has 4 rings (SSSR count). The second-order valence-electron chi connectivity index (χ2n) is 8.19. The summed E-state index contributed by atoms with van der Waals surface area (Å²) in [5, 5.41) is 4.61. The van der Waals surface area contributed by atoms with Crippen molar-refractivity contribution in [1.29, 1.82) is 0 Å². The second-order valence-corrected chi connectivity index (χ2v) is 8.19. The van der Waals surface area contributed by atoms with E-state index >= 15 is 0 Å². The van der Waals surface area contributed by atoms with Crippen molar-refractivity contribution in [2.75, 3.05) is 44.2 Å². The fourth-order valence-electron chi connectivity index (χ4n) is 4.58. The largest absolute Gasteiger partial charge is 0.497 e. The van der Waals surface area contributed by atoms with E-state index in [9.17, 15) is 9.59 Å². The average molecular weight is 439 g/mol. The van der Waals surface area contributed by atoms with Crippen molar-refractivity contribution in [2.24, 2.45) is 11.8 Å². The smallest absolute Gasteiger partial charge is 0.247 e. The van der Waals surface area contributed by atoms with Gasteiger partial charge in [-0.15, -0.1) is 0 Å². The Labute approximate surface area is 188 Å². The van der Waals surface area contributed by atoms with Crippen molar-refractivity contribution in [1.82, 2.24) is 10.3 Å². The number of hydrogen-bond acceptors (Lipinski definition) is 6. The number of rotatable bonds is 7. The highest BCUT2D eigenvalue weighted by Gasteiger charge is 2.50. The molecule has 0 saturated carbocycles. The molecule has 2 aliphatic rings. The van der Waals surface area contributed by atoms with Crippen LogP contribution in [-0.2, 0) is 9.59 Å². The molecule has 2 saturated heterocycles. The number of amides is 2. The normalized spacial score (nSPS) is 23.0. The minimum Gasteiger partial charge on any atom is -0.497 e. The van der Waals surface area contributed by atoms with Gasteiger partial charge in [-0.25, -0.2) is 10.4 Å². The van der Waals surface area contributed by atoms with Crippen LogP contribution in [-0.4, -0.2) is 56.6 Å². The van der Waals surface area contributed by atoms with E-state index < -0.39 is 5.92 Å². The number of ether oxygens (including phenoxy) is 2. The molecule has 0 radical (unpaired) electrons. The number of likely N-dealkylation sites (tertiary alicyclic amines) is 1. The van der Waals surface area contributed by atoms with Gasteiger partial charge < -0.3 is 19.7 Å². The van der Waals surface area contributed by atoms with Crippen LogP contribution in [0.15, 0.2) is 48.5 Å². The van der Waals surface area contributed by atoms with Gasteiger partial charge in [0.2, 0.25) is 11.8 Å². The van der Waals surface area contributed by atoms with Gasteiger partial charge in [-0.2, -0.15) is 0 Å². The zero-order chi connectivity index (χ0) is 22.7. The van der Waals surface area contributed by atoms with E-state index in [4.69, 9.17) is 9.47 Å². The first-order valence-electron chi connectivity index (χ1n) is 11.0. The number of methoxy groups -OCH3 is 2. The summed E-state index contributed by atoms with van der Waals surface area (Å²) in [5.41, 5.74) is 4.69. The summed E-state index contributed by atoms with van der Waals surface area (Å²) in [5.74, 6) is 0.347. The van der Waals surface area contributed by atoms with Crippen molar-refractivity contribution < 1.29 is 19.1 Å². The van der Waals surface area contributed by atoms with Crippen molar-refractivity contribution in [2.45, 2.75) is 19.4 Å². The van der Waals surface area contributed by atoms with Crippen molar-refractivity contribution >= 4 is 23.2 Å². The van der Waals surface area contributed by atoms with Crippen molar-refractivity contribution in [3.63, 3.8) is 0 Å². The highest BCUT2D eigenvalue weighted by Crippen LogP contribution is 2.34. The lowest BCUT2D eigenvalue weighted by Crippen LogP contribution is -2.56. The maximum atomic E-state index is 13.4. The predicted octanol–water partition coefficient (Wildman–Crippen LogP) is 2.52. The summed E-state index contributed by atoms with van der Waals surface area (Å²) >= 11 is 0. The Morgan fingerprint density at radius 2 is 1.91 bits per heavy atom. The van der Waals surface area contributed by atoms with Crippen LogP contribution >= 0.6 is 0 Å². The number of hydrazine groups is 1. The molecule has 2 aromatic rings. The summed E-state index contributed by atoms with van der Waals surface area (Å²) < 4.78 is 10.7. The molecule has 170 valence electrons. The van der Waals surface area contributed by atoms with Gasteiger partial charge in [-0.05, 0) is 37.2 Å². The number of fused-ring (bicyclic) bond motifs is 1. The first-order valence-corrected chi connectivity index (χ1v) is 11.0. The zero-order valence-corrected chi connectivity index (χ0v) is 18.7. The lowest BCUT2D eigenvalue weighted by molar-refractivity contribution is -0.126. The Bertz CT molecular complexity index is 968. The standard InChI is InChI=1S/C24H30N4O4/c1-4-12-27-14-18(23(29)25-20-11-10-17(31-2)13-21(20)32-3)22-19(15-27)24(30)28(26-22)16-8-6-5-7-9-16/h5-11,13,18-19,22,26H,4,12,14-15H2,1-3H3,(H,25,29). The first kappa shape index (κ1) is 22.1. The minimum atomic E-state index is -0.398. The number of carbonyl (C=O) groups is 2. The van der Waals surface area contributed by atoms with Crippen molar-refractivity contribution in [3.05, 3.63) is 48.5 Å². The average Bonchev–Trinajstić information content (AvgIpc) is 3.16. The molecule has 8 heteroatoms. The zero-order valence-electron chi connectivity index (χ0n) is 18.7. The van der Waals surface area contributed by atoms with Gasteiger partial charge in [-0.1, -0.05) is 25.1 Å². The topological polar surface area (TPSA) is 83.1 Å². The van der Waals surface area contributed by atoms with Crippen LogP contribution in [0.3, 0.4) is 0 Å². The van der Waals surface area contributed by atoms with Gasteiger partial charge in [0, 0.05) is 19.2 Å². The van der Waals surface area contributed by atoms with Gasteiger partial charge in [-0.3, -0.25) is 9.59 Å². The van der Waals surface area contributed by atoms with Crippen LogP contribution in [0.25, 0.3) is 0 Å². The second kappa shape index (κ2) is 9.58.